The van der Waals surface area contributed by atoms with Crippen LogP contribution in [0.15, 0.2) is 29.1 Å². The van der Waals surface area contributed by atoms with Gasteiger partial charge >= 0.3 is 0 Å². The van der Waals surface area contributed by atoms with Crippen molar-refractivity contribution < 1.29 is 18.4 Å². The Morgan fingerprint density at radius 1 is 1.27 bits per heavy atom. The van der Waals surface area contributed by atoms with E-state index < -0.39 is 17.5 Å². The summed E-state index contributed by atoms with van der Waals surface area (Å²) in [4.78, 5) is 33.0. The molecule has 3 aliphatic heterocycles. The molecule has 0 saturated carbocycles. The molecule has 2 atom stereocenters. The van der Waals surface area contributed by atoms with Gasteiger partial charge in [0.25, 0.3) is 5.91 Å². The van der Waals surface area contributed by atoms with E-state index in [0.717, 1.165) is 30.3 Å². The Bertz CT molecular complexity index is 843. The molecular weight excluding hydrogens is 360 g/mol. The number of carbonyl (C=O) groups excluding carboxylic acids is 2. The number of carbonyl (C=O) groups is 2. The summed E-state index contributed by atoms with van der Waals surface area (Å²) in [5.74, 6) is -2.29. The van der Waals surface area contributed by atoms with Gasteiger partial charge in [-0.2, -0.15) is 0 Å². The highest BCUT2D eigenvalue weighted by molar-refractivity contribution is 7.07. The molecule has 2 aromatic rings. The first-order valence-electron chi connectivity index (χ1n) is 8.45. The summed E-state index contributed by atoms with van der Waals surface area (Å²) in [6.07, 6.45) is 1.49. The number of amides is 2. The van der Waals surface area contributed by atoms with E-state index in [2.05, 4.69) is 4.98 Å². The van der Waals surface area contributed by atoms with E-state index in [1.807, 2.05) is 5.38 Å². The number of benzene rings is 1. The summed E-state index contributed by atoms with van der Waals surface area (Å²) in [7, 11) is 0. The van der Waals surface area contributed by atoms with Gasteiger partial charge in [0.2, 0.25) is 5.91 Å². The summed E-state index contributed by atoms with van der Waals surface area (Å²) >= 11 is 1.47. The number of nitrogens with zero attached hydrogens (tertiary/aromatic N) is 3. The third-order valence-electron chi connectivity index (χ3n) is 5.06. The summed E-state index contributed by atoms with van der Waals surface area (Å²) in [6.45, 7) is 0.971. The predicted octanol–water partition coefficient (Wildman–Crippen LogP) is 2.68. The number of halogens is 2. The van der Waals surface area contributed by atoms with Gasteiger partial charge in [-0.1, -0.05) is 0 Å². The van der Waals surface area contributed by atoms with Gasteiger partial charge in [0, 0.05) is 24.5 Å². The first-order chi connectivity index (χ1) is 12.5. The molecule has 5 nitrogen and oxygen atoms in total. The zero-order valence-corrected chi connectivity index (χ0v) is 14.7. The van der Waals surface area contributed by atoms with Crippen LogP contribution in [0.2, 0.25) is 0 Å². The van der Waals surface area contributed by atoms with E-state index in [1.165, 1.54) is 16.2 Å². The molecule has 8 heteroatoms. The quantitative estimate of drug-likeness (QED) is 0.826. The van der Waals surface area contributed by atoms with Gasteiger partial charge in [0.15, 0.2) is 0 Å². The average Bonchev–Trinajstić information content (AvgIpc) is 2.99. The van der Waals surface area contributed by atoms with Crippen LogP contribution in [-0.2, 0) is 11.3 Å². The molecule has 1 aromatic heterocycles. The van der Waals surface area contributed by atoms with Crippen LogP contribution < -0.4 is 0 Å². The number of thiazole rings is 1. The lowest BCUT2D eigenvalue weighted by molar-refractivity contribution is -0.140. The fourth-order valence-electron chi connectivity index (χ4n) is 3.74. The molecule has 5 rings (SSSR count). The minimum Gasteiger partial charge on any atom is -0.336 e. The van der Waals surface area contributed by atoms with Crippen molar-refractivity contribution in [1.29, 1.82) is 0 Å². The normalized spacial score (nSPS) is 22.6. The van der Waals surface area contributed by atoms with Crippen molar-refractivity contribution in [1.82, 2.24) is 14.8 Å². The van der Waals surface area contributed by atoms with Crippen molar-refractivity contribution in [2.24, 2.45) is 5.92 Å². The van der Waals surface area contributed by atoms with Gasteiger partial charge in [-0.3, -0.25) is 9.59 Å². The number of rotatable bonds is 3. The van der Waals surface area contributed by atoms with Crippen LogP contribution in [0, 0.1) is 17.6 Å². The highest BCUT2D eigenvalue weighted by Crippen LogP contribution is 2.31. The van der Waals surface area contributed by atoms with Gasteiger partial charge in [0.1, 0.15) is 11.6 Å². The van der Waals surface area contributed by atoms with Gasteiger partial charge in [-0.05, 0) is 31.0 Å². The van der Waals surface area contributed by atoms with E-state index in [0.29, 0.717) is 19.5 Å². The third kappa shape index (κ3) is 3.09. The van der Waals surface area contributed by atoms with Gasteiger partial charge < -0.3 is 9.80 Å². The highest BCUT2D eigenvalue weighted by Gasteiger charge is 2.42. The zero-order chi connectivity index (χ0) is 18.3. The maximum absolute atomic E-state index is 14.0. The molecule has 0 radical (unpaired) electrons. The Morgan fingerprint density at radius 3 is 2.88 bits per heavy atom. The Labute approximate surface area is 153 Å². The zero-order valence-electron chi connectivity index (χ0n) is 13.9. The van der Waals surface area contributed by atoms with Crippen molar-refractivity contribution >= 4 is 23.2 Å². The summed E-state index contributed by atoms with van der Waals surface area (Å²) in [5, 5.41) is 1.90. The number of fused-ring (bicyclic) bond motifs is 4. The van der Waals surface area contributed by atoms with Crippen molar-refractivity contribution in [2.75, 3.05) is 13.1 Å². The standard InChI is InChI=1S/C18H17F2N3O2S/c19-12-2-4-16(20)15(5-12)18(25)22-6-11-1-3-14(8-22)23(17(11)24)7-13-9-26-10-21-13/h2,4-5,9-11,14H,1,3,6-8H2/t11-,14+/m0/s1. The molecule has 1 aromatic carbocycles. The number of piperidine rings is 1. The fourth-order valence-corrected chi connectivity index (χ4v) is 4.29. The largest absolute Gasteiger partial charge is 0.336 e. The van der Waals surface area contributed by atoms with E-state index in [4.69, 9.17) is 0 Å². The maximum Gasteiger partial charge on any atom is 0.257 e. The van der Waals surface area contributed by atoms with Crippen LogP contribution in [0.1, 0.15) is 28.9 Å². The molecule has 3 aliphatic rings. The smallest absolute Gasteiger partial charge is 0.257 e. The third-order valence-corrected chi connectivity index (χ3v) is 5.69. The molecule has 0 unspecified atom stereocenters. The summed E-state index contributed by atoms with van der Waals surface area (Å²) in [6, 6.07) is 2.72. The van der Waals surface area contributed by atoms with Crippen LogP contribution in [0.25, 0.3) is 0 Å². The van der Waals surface area contributed by atoms with E-state index >= 15 is 0 Å². The molecule has 0 spiro atoms. The molecule has 3 fully saturated rings. The van der Waals surface area contributed by atoms with Crippen LogP contribution in [-0.4, -0.2) is 45.7 Å². The monoisotopic (exact) mass is 377 g/mol. The van der Waals surface area contributed by atoms with Crippen molar-refractivity contribution in [2.45, 2.75) is 25.4 Å². The number of aromatic nitrogens is 1. The average molecular weight is 377 g/mol. The van der Waals surface area contributed by atoms with Crippen molar-refractivity contribution in [3.63, 3.8) is 0 Å². The second kappa shape index (κ2) is 6.75. The first kappa shape index (κ1) is 17.1. The molecule has 136 valence electrons. The SMILES string of the molecule is O=C(c1cc(F)ccc1F)N1C[C@@H]2CC[C@H](C1)N(Cc1cscn1)C2=O. The number of hydrogen-bond donors (Lipinski definition) is 0. The van der Waals surface area contributed by atoms with E-state index in [9.17, 15) is 18.4 Å². The minimum absolute atomic E-state index is 0.00395. The fraction of sp³-hybridized carbons (Fsp3) is 0.389. The van der Waals surface area contributed by atoms with Crippen LogP contribution >= 0.6 is 11.3 Å². The molecule has 0 aliphatic carbocycles. The lowest BCUT2D eigenvalue weighted by Gasteiger charge is -2.35. The van der Waals surface area contributed by atoms with Crippen LogP contribution in [0.5, 0.6) is 0 Å². The lowest BCUT2D eigenvalue weighted by atomic mass is 9.94. The molecule has 3 saturated heterocycles. The van der Waals surface area contributed by atoms with E-state index in [-0.39, 0.29) is 30.0 Å². The van der Waals surface area contributed by atoms with Crippen molar-refractivity contribution in [3.05, 3.63) is 52.0 Å². The second-order valence-corrected chi connectivity index (χ2v) is 7.43. The molecular formula is C18H17F2N3O2S. The first-order valence-corrected chi connectivity index (χ1v) is 9.39. The molecule has 26 heavy (non-hydrogen) atoms. The second-order valence-electron chi connectivity index (χ2n) is 6.71. The van der Waals surface area contributed by atoms with Gasteiger partial charge in [-0.15, -0.1) is 11.3 Å². The number of hydrogen-bond acceptors (Lipinski definition) is 4. The maximum atomic E-state index is 14.0. The predicted molar refractivity (Wildman–Crippen MR) is 91.4 cm³/mol. The lowest BCUT2D eigenvalue weighted by Crippen LogP contribution is -2.47. The molecule has 0 N–H and O–H groups in total. The van der Waals surface area contributed by atoms with Gasteiger partial charge in [0.05, 0.1) is 29.2 Å². The molecule has 2 bridgehead atoms. The van der Waals surface area contributed by atoms with Crippen LogP contribution in [0.4, 0.5) is 8.78 Å². The summed E-state index contributed by atoms with van der Waals surface area (Å²) in [5.41, 5.74) is 2.26. The summed E-state index contributed by atoms with van der Waals surface area (Å²) < 4.78 is 27.4. The Balaban J connectivity index is 1.58. The Morgan fingerprint density at radius 2 is 2.12 bits per heavy atom. The Kier molecular flexibility index (Phi) is 4.44. The Hall–Kier alpha value is -2.35. The highest BCUT2D eigenvalue weighted by atomic mass is 32.1. The minimum atomic E-state index is -0.751. The molecule has 4 heterocycles. The van der Waals surface area contributed by atoms with Crippen molar-refractivity contribution in [3.8, 4) is 0 Å². The van der Waals surface area contributed by atoms with Crippen LogP contribution in [0.3, 0.4) is 0 Å². The topological polar surface area (TPSA) is 53.5 Å². The van der Waals surface area contributed by atoms with Gasteiger partial charge in [-0.25, -0.2) is 13.8 Å². The van der Waals surface area contributed by atoms with E-state index in [1.54, 1.807) is 10.4 Å². The molecule has 2 amide bonds.